The second kappa shape index (κ2) is 6.85. The Bertz CT molecular complexity index is 654. The molecule has 0 aliphatic carbocycles. The van der Waals surface area contributed by atoms with E-state index in [1.165, 1.54) is 11.6 Å². The summed E-state index contributed by atoms with van der Waals surface area (Å²) in [6.45, 7) is 2.66. The van der Waals surface area contributed by atoms with E-state index in [1.54, 1.807) is 18.2 Å². The molecule has 0 saturated heterocycles. The summed E-state index contributed by atoms with van der Waals surface area (Å²) in [7, 11) is 0. The van der Waals surface area contributed by atoms with Gasteiger partial charge in [-0.1, -0.05) is 35.9 Å². The maximum Gasteiger partial charge on any atom is 0.335 e. The molecule has 0 bridgehead atoms. The van der Waals surface area contributed by atoms with Gasteiger partial charge in [0.05, 0.1) is 5.56 Å². The SMILES string of the molecule is Cc1ccc(CNC(=S)Nc2cccc(C(=O)O)c2)cc1. The number of benzene rings is 2. The number of aromatic carboxylic acids is 1. The molecule has 4 nitrogen and oxygen atoms in total. The molecule has 0 heterocycles. The van der Waals surface area contributed by atoms with E-state index in [-0.39, 0.29) is 5.56 Å². The van der Waals surface area contributed by atoms with Crippen LogP contribution in [-0.4, -0.2) is 16.2 Å². The lowest BCUT2D eigenvalue weighted by Crippen LogP contribution is -2.27. The van der Waals surface area contributed by atoms with Crippen LogP contribution in [0.1, 0.15) is 21.5 Å². The van der Waals surface area contributed by atoms with E-state index in [2.05, 4.69) is 10.6 Å². The Morgan fingerprint density at radius 1 is 1.19 bits per heavy atom. The Labute approximate surface area is 128 Å². The topological polar surface area (TPSA) is 61.4 Å². The molecule has 0 aliphatic rings. The van der Waals surface area contributed by atoms with Gasteiger partial charge in [-0.15, -0.1) is 0 Å². The standard InChI is InChI=1S/C16H16N2O2S/c1-11-5-7-12(8-6-11)10-17-16(21)18-14-4-2-3-13(9-14)15(19)20/h2-9H,10H2,1H3,(H,19,20)(H2,17,18,21). The molecule has 5 heteroatoms. The van der Waals surface area contributed by atoms with E-state index in [1.807, 2.05) is 31.2 Å². The minimum Gasteiger partial charge on any atom is -0.478 e. The van der Waals surface area contributed by atoms with Crippen LogP contribution in [0.4, 0.5) is 5.69 Å². The quantitative estimate of drug-likeness (QED) is 0.757. The predicted molar refractivity (Wildman–Crippen MR) is 87.6 cm³/mol. The van der Waals surface area contributed by atoms with Crippen LogP contribution in [0.2, 0.25) is 0 Å². The summed E-state index contributed by atoms with van der Waals surface area (Å²) >= 11 is 5.20. The molecular weight excluding hydrogens is 284 g/mol. The molecule has 2 rings (SSSR count). The highest BCUT2D eigenvalue weighted by Gasteiger charge is 2.04. The van der Waals surface area contributed by atoms with Crippen LogP contribution in [0.5, 0.6) is 0 Å². The number of nitrogens with one attached hydrogen (secondary N) is 2. The molecule has 0 aromatic heterocycles. The highest BCUT2D eigenvalue weighted by molar-refractivity contribution is 7.80. The summed E-state index contributed by atoms with van der Waals surface area (Å²) in [6.07, 6.45) is 0. The van der Waals surface area contributed by atoms with Gasteiger partial charge in [-0.05, 0) is 42.9 Å². The van der Waals surface area contributed by atoms with Gasteiger partial charge in [-0.2, -0.15) is 0 Å². The summed E-state index contributed by atoms with van der Waals surface area (Å²) in [4.78, 5) is 10.9. The molecule has 0 atom stereocenters. The van der Waals surface area contributed by atoms with E-state index in [0.29, 0.717) is 17.3 Å². The molecule has 2 aromatic rings. The molecule has 0 saturated carbocycles. The Hall–Kier alpha value is -2.40. The number of rotatable bonds is 4. The van der Waals surface area contributed by atoms with Gasteiger partial charge in [0.15, 0.2) is 5.11 Å². The normalized spacial score (nSPS) is 9.95. The zero-order valence-corrected chi connectivity index (χ0v) is 12.4. The van der Waals surface area contributed by atoms with Gasteiger partial charge >= 0.3 is 5.97 Å². The van der Waals surface area contributed by atoms with Gasteiger partial charge < -0.3 is 15.7 Å². The van der Waals surface area contributed by atoms with E-state index in [0.717, 1.165) is 5.56 Å². The van der Waals surface area contributed by atoms with Crippen LogP contribution in [0, 0.1) is 6.92 Å². The summed E-state index contributed by atoms with van der Waals surface area (Å²) in [6, 6.07) is 14.7. The van der Waals surface area contributed by atoms with Gasteiger partial charge in [-0.3, -0.25) is 0 Å². The van der Waals surface area contributed by atoms with Gasteiger partial charge in [0.1, 0.15) is 0 Å². The lowest BCUT2D eigenvalue weighted by atomic mass is 10.1. The first-order valence-corrected chi connectivity index (χ1v) is 6.89. The second-order valence-corrected chi connectivity index (χ2v) is 5.09. The van der Waals surface area contributed by atoms with Crippen LogP contribution >= 0.6 is 12.2 Å². The van der Waals surface area contributed by atoms with Crippen LogP contribution in [-0.2, 0) is 6.54 Å². The lowest BCUT2D eigenvalue weighted by molar-refractivity contribution is 0.0697. The van der Waals surface area contributed by atoms with Crippen LogP contribution < -0.4 is 10.6 Å². The molecule has 0 aliphatic heterocycles. The number of thiocarbonyl (C=S) groups is 1. The Morgan fingerprint density at radius 2 is 1.90 bits per heavy atom. The van der Waals surface area contributed by atoms with Crippen molar-refractivity contribution >= 4 is 29.0 Å². The van der Waals surface area contributed by atoms with Gasteiger partial charge in [-0.25, -0.2) is 4.79 Å². The molecule has 0 fully saturated rings. The van der Waals surface area contributed by atoms with Crippen LogP contribution in [0.15, 0.2) is 48.5 Å². The molecule has 0 unspecified atom stereocenters. The fourth-order valence-electron chi connectivity index (χ4n) is 1.79. The third kappa shape index (κ3) is 4.57. The fraction of sp³-hybridized carbons (Fsp3) is 0.125. The Morgan fingerprint density at radius 3 is 2.57 bits per heavy atom. The molecule has 0 radical (unpaired) electrons. The van der Waals surface area contributed by atoms with Crippen molar-refractivity contribution in [1.82, 2.24) is 5.32 Å². The monoisotopic (exact) mass is 300 g/mol. The second-order valence-electron chi connectivity index (χ2n) is 4.68. The highest BCUT2D eigenvalue weighted by atomic mass is 32.1. The molecule has 2 aromatic carbocycles. The van der Waals surface area contributed by atoms with E-state index in [9.17, 15) is 4.79 Å². The first-order chi connectivity index (χ1) is 10.0. The average molecular weight is 300 g/mol. The number of carboxylic acids is 1. The third-order valence-electron chi connectivity index (χ3n) is 2.94. The Balaban J connectivity index is 1.91. The maximum absolute atomic E-state index is 10.9. The minimum atomic E-state index is -0.961. The number of anilines is 1. The van der Waals surface area contributed by atoms with E-state index >= 15 is 0 Å². The van der Waals surface area contributed by atoms with E-state index < -0.39 is 5.97 Å². The molecule has 3 N–H and O–H groups in total. The van der Waals surface area contributed by atoms with Crippen molar-refractivity contribution in [3.63, 3.8) is 0 Å². The number of hydrogen-bond donors (Lipinski definition) is 3. The zero-order chi connectivity index (χ0) is 15.2. The number of carboxylic acid groups (broad SMARTS) is 1. The highest BCUT2D eigenvalue weighted by Crippen LogP contribution is 2.10. The Kier molecular flexibility index (Phi) is 4.90. The summed E-state index contributed by atoms with van der Waals surface area (Å²) in [5.74, 6) is -0.961. The van der Waals surface area contributed by atoms with Gasteiger partial charge in [0.2, 0.25) is 0 Å². The number of hydrogen-bond acceptors (Lipinski definition) is 2. The molecule has 108 valence electrons. The van der Waals surface area contributed by atoms with Crippen molar-refractivity contribution in [3.05, 3.63) is 65.2 Å². The number of aryl methyl sites for hydroxylation is 1. The first-order valence-electron chi connectivity index (χ1n) is 6.48. The van der Waals surface area contributed by atoms with Crippen molar-refractivity contribution < 1.29 is 9.90 Å². The number of carbonyl (C=O) groups is 1. The molecular formula is C16H16N2O2S. The maximum atomic E-state index is 10.9. The van der Waals surface area contributed by atoms with Gasteiger partial charge in [0.25, 0.3) is 0 Å². The van der Waals surface area contributed by atoms with Gasteiger partial charge in [0, 0.05) is 12.2 Å². The van der Waals surface area contributed by atoms with Crippen molar-refractivity contribution in [3.8, 4) is 0 Å². The lowest BCUT2D eigenvalue weighted by Gasteiger charge is -2.11. The van der Waals surface area contributed by atoms with Crippen LogP contribution in [0.25, 0.3) is 0 Å². The molecule has 21 heavy (non-hydrogen) atoms. The summed E-state index contributed by atoms with van der Waals surface area (Å²) < 4.78 is 0. The fourth-order valence-corrected chi connectivity index (χ4v) is 1.98. The van der Waals surface area contributed by atoms with Crippen molar-refractivity contribution in [2.45, 2.75) is 13.5 Å². The van der Waals surface area contributed by atoms with Crippen molar-refractivity contribution in [2.24, 2.45) is 0 Å². The summed E-state index contributed by atoms with van der Waals surface area (Å²) in [5, 5.41) is 15.5. The van der Waals surface area contributed by atoms with Crippen molar-refractivity contribution in [2.75, 3.05) is 5.32 Å². The first kappa shape index (κ1) is 15.0. The smallest absolute Gasteiger partial charge is 0.335 e. The average Bonchev–Trinajstić information content (AvgIpc) is 2.47. The van der Waals surface area contributed by atoms with Crippen molar-refractivity contribution in [1.29, 1.82) is 0 Å². The third-order valence-corrected chi connectivity index (χ3v) is 3.19. The zero-order valence-electron chi connectivity index (χ0n) is 11.6. The predicted octanol–water partition coefficient (Wildman–Crippen LogP) is 3.18. The van der Waals surface area contributed by atoms with E-state index in [4.69, 9.17) is 17.3 Å². The van der Waals surface area contributed by atoms with Crippen LogP contribution in [0.3, 0.4) is 0 Å². The molecule has 0 amide bonds. The summed E-state index contributed by atoms with van der Waals surface area (Å²) in [5.41, 5.74) is 3.21. The minimum absolute atomic E-state index is 0.223. The molecule has 0 spiro atoms. The largest absolute Gasteiger partial charge is 0.478 e.